The molecule has 0 aliphatic heterocycles. The molecule has 1 atom stereocenters. The number of hydrogen-bond donors (Lipinski definition) is 2. The highest BCUT2D eigenvalue weighted by Gasteiger charge is 2.29. The number of carbonyl (C=O) groups is 1. The smallest absolute Gasteiger partial charge is 0.393 e. The molecule has 1 aromatic carbocycles. The number of carboxylic acid groups (broad SMARTS) is 1. The predicted molar refractivity (Wildman–Crippen MR) is 72.8 cm³/mol. The van der Waals surface area contributed by atoms with E-state index in [1.54, 1.807) is 0 Å². The van der Waals surface area contributed by atoms with E-state index in [9.17, 15) is 26.4 Å². The molecule has 0 bridgehead atoms. The van der Waals surface area contributed by atoms with Crippen LogP contribution in [0.4, 0.5) is 13.2 Å². The summed E-state index contributed by atoms with van der Waals surface area (Å²) in [7, 11) is -4.12. The van der Waals surface area contributed by atoms with Crippen LogP contribution in [0.3, 0.4) is 0 Å². The molecule has 0 saturated carbocycles. The normalized spacial score (nSPS) is 14.1. The second-order valence-corrected chi connectivity index (χ2v) is 6.83. The third kappa shape index (κ3) is 5.30. The number of halogens is 3. The van der Waals surface area contributed by atoms with E-state index in [0.717, 1.165) is 24.3 Å². The molecule has 5 nitrogen and oxygen atoms in total. The number of aliphatic carboxylic acids is 1. The zero-order valence-electron chi connectivity index (χ0n) is 11.9. The highest BCUT2D eigenvalue weighted by atomic mass is 32.2. The first-order valence-electron chi connectivity index (χ1n) is 6.33. The van der Waals surface area contributed by atoms with Crippen molar-refractivity contribution in [3.8, 4) is 0 Å². The molecule has 0 radical (unpaired) electrons. The number of hydrogen-bond acceptors (Lipinski definition) is 3. The zero-order valence-corrected chi connectivity index (χ0v) is 12.7. The van der Waals surface area contributed by atoms with Gasteiger partial charge in [-0.1, -0.05) is 26.0 Å². The summed E-state index contributed by atoms with van der Waals surface area (Å²) in [5, 5.41) is 8.97. The van der Waals surface area contributed by atoms with Gasteiger partial charge in [-0.2, -0.15) is 17.9 Å². The summed E-state index contributed by atoms with van der Waals surface area (Å²) in [5.41, 5.74) is -0.0786. The molecule has 1 rings (SSSR count). The Kier molecular flexibility index (Phi) is 5.58. The SMILES string of the molecule is CC(C)C(NS(=O)(=O)c1ccc(CC(F)(F)F)cc1)C(=O)O. The molecule has 0 aliphatic carbocycles. The van der Waals surface area contributed by atoms with Crippen LogP contribution in [0.2, 0.25) is 0 Å². The van der Waals surface area contributed by atoms with Crippen molar-refractivity contribution in [1.82, 2.24) is 4.72 Å². The van der Waals surface area contributed by atoms with Crippen LogP contribution >= 0.6 is 0 Å². The molecule has 0 amide bonds. The van der Waals surface area contributed by atoms with Gasteiger partial charge >= 0.3 is 12.1 Å². The Morgan fingerprint density at radius 2 is 1.73 bits per heavy atom. The summed E-state index contributed by atoms with van der Waals surface area (Å²) in [4.78, 5) is 10.7. The molecular weight excluding hydrogens is 323 g/mol. The maximum Gasteiger partial charge on any atom is 0.393 e. The van der Waals surface area contributed by atoms with Crippen LogP contribution in [0, 0.1) is 5.92 Å². The highest BCUT2D eigenvalue weighted by Crippen LogP contribution is 2.22. The lowest BCUT2D eigenvalue weighted by Crippen LogP contribution is -2.44. The van der Waals surface area contributed by atoms with Gasteiger partial charge in [0.2, 0.25) is 10.0 Å². The van der Waals surface area contributed by atoms with Gasteiger partial charge < -0.3 is 5.11 Å². The van der Waals surface area contributed by atoms with Crippen LogP contribution < -0.4 is 4.72 Å². The average molecular weight is 339 g/mol. The van der Waals surface area contributed by atoms with Gasteiger partial charge in [0.25, 0.3) is 0 Å². The molecule has 0 heterocycles. The fourth-order valence-electron chi connectivity index (χ4n) is 1.72. The summed E-state index contributed by atoms with van der Waals surface area (Å²) in [6.07, 6.45) is -5.55. The summed E-state index contributed by atoms with van der Waals surface area (Å²) < 4.78 is 62.8. The van der Waals surface area contributed by atoms with E-state index < -0.39 is 40.5 Å². The third-order valence-electron chi connectivity index (χ3n) is 2.85. The van der Waals surface area contributed by atoms with E-state index in [-0.39, 0.29) is 10.5 Å². The van der Waals surface area contributed by atoms with Crippen molar-refractivity contribution in [2.45, 2.75) is 37.4 Å². The van der Waals surface area contributed by atoms with Gasteiger partial charge in [0.15, 0.2) is 0 Å². The molecule has 0 spiro atoms. The van der Waals surface area contributed by atoms with E-state index in [1.165, 1.54) is 13.8 Å². The van der Waals surface area contributed by atoms with Crippen LogP contribution in [0.15, 0.2) is 29.2 Å². The van der Waals surface area contributed by atoms with Crippen LogP contribution in [-0.2, 0) is 21.2 Å². The monoisotopic (exact) mass is 339 g/mol. The van der Waals surface area contributed by atoms with Crippen LogP contribution in [0.25, 0.3) is 0 Å². The quantitative estimate of drug-likeness (QED) is 0.832. The molecule has 0 fully saturated rings. The molecule has 124 valence electrons. The molecule has 0 saturated heterocycles. The van der Waals surface area contributed by atoms with Crippen molar-refractivity contribution in [3.63, 3.8) is 0 Å². The van der Waals surface area contributed by atoms with Crippen LogP contribution in [-0.4, -0.2) is 31.7 Å². The number of nitrogens with one attached hydrogen (secondary N) is 1. The Hall–Kier alpha value is -1.61. The minimum atomic E-state index is -4.38. The van der Waals surface area contributed by atoms with Crippen molar-refractivity contribution in [3.05, 3.63) is 29.8 Å². The number of alkyl halides is 3. The summed E-state index contributed by atoms with van der Waals surface area (Å²) in [6.45, 7) is 3.07. The largest absolute Gasteiger partial charge is 0.480 e. The minimum Gasteiger partial charge on any atom is -0.480 e. The standard InChI is InChI=1S/C13H16F3NO4S/c1-8(2)11(12(18)19)17-22(20,21)10-5-3-9(4-6-10)7-13(14,15)16/h3-6,8,11,17H,7H2,1-2H3,(H,18,19). The Balaban J connectivity index is 2.96. The van der Waals surface area contributed by atoms with Crippen LogP contribution in [0.1, 0.15) is 19.4 Å². The maximum absolute atomic E-state index is 12.2. The van der Waals surface area contributed by atoms with Gasteiger partial charge in [0.1, 0.15) is 6.04 Å². The Bertz CT molecular complexity index is 624. The second kappa shape index (κ2) is 6.66. The van der Waals surface area contributed by atoms with E-state index in [0.29, 0.717) is 0 Å². The lowest BCUT2D eigenvalue weighted by atomic mass is 10.1. The van der Waals surface area contributed by atoms with Gasteiger partial charge in [0, 0.05) is 0 Å². The van der Waals surface area contributed by atoms with E-state index in [2.05, 4.69) is 0 Å². The van der Waals surface area contributed by atoms with Gasteiger partial charge in [0.05, 0.1) is 11.3 Å². The van der Waals surface area contributed by atoms with Crippen molar-refractivity contribution in [1.29, 1.82) is 0 Å². The summed E-state index contributed by atoms with van der Waals surface area (Å²) in [5.74, 6) is -1.82. The van der Waals surface area contributed by atoms with E-state index in [4.69, 9.17) is 5.11 Å². The minimum absolute atomic E-state index is 0.0786. The molecule has 2 N–H and O–H groups in total. The molecule has 1 aromatic rings. The first-order chi connectivity index (χ1) is 9.92. The number of benzene rings is 1. The topological polar surface area (TPSA) is 83.5 Å². The number of sulfonamides is 1. The Morgan fingerprint density at radius 3 is 2.09 bits per heavy atom. The van der Waals surface area contributed by atoms with Gasteiger partial charge in [-0.3, -0.25) is 4.79 Å². The number of rotatable bonds is 6. The van der Waals surface area contributed by atoms with Crippen LogP contribution in [0.5, 0.6) is 0 Å². The Morgan fingerprint density at radius 1 is 1.23 bits per heavy atom. The first-order valence-corrected chi connectivity index (χ1v) is 7.81. The van der Waals surface area contributed by atoms with Crippen molar-refractivity contribution < 1.29 is 31.5 Å². The Labute approximate surface area is 126 Å². The summed E-state index contributed by atoms with van der Waals surface area (Å²) in [6, 6.07) is 2.81. The lowest BCUT2D eigenvalue weighted by molar-refractivity contribution is -0.140. The van der Waals surface area contributed by atoms with Gasteiger partial charge in [-0.15, -0.1) is 0 Å². The maximum atomic E-state index is 12.2. The lowest BCUT2D eigenvalue weighted by Gasteiger charge is -2.18. The molecule has 9 heteroatoms. The van der Waals surface area contributed by atoms with E-state index in [1.807, 2.05) is 4.72 Å². The zero-order chi connectivity index (χ0) is 17.1. The fourth-order valence-corrected chi connectivity index (χ4v) is 3.06. The predicted octanol–water partition coefficient (Wildman–Crippen LogP) is 2.18. The van der Waals surface area contributed by atoms with Crippen molar-refractivity contribution in [2.75, 3.05) is 0 Å². The van der Waals surface area contributed by atoms with E-state index >= 15 is 0 Å². The molecule has 1 unspecified atom stereocenters. The first kappa shape index (κ1) is 18.4. The van der Waals surface area contributed by atoms with Crippen molar-refractivity contribution >= 4 is 16.0 Å². The molecule has 0 aliphatic rings. The van der Waals surface area contributed by atoms with Gasteiger partial charge in [-0.05, 0) is 23.6 Å². The highest BCUT2D eigenvalue weighted by molar-refractivity contribution is 7.89. The molecule has 0 aromatic heterocycles. The second-order valence-electron chi connectivity index (χ2n) is 5.12. The summed E-state index contributed by atoms with van der Waals surface area (Å²) >= 11 is 0. The van der Waals surface area contributed by atoms with Gasteiger partial charge in [-0.25, -0.2) is 8.42 Å². The third-order valence-corrected chi connectivity index (χ3v) is 4.31. The number of carboxylic acids is 1. The van der Waals surface area contributed by atoms with Crippen molar-refractivity contribution in [2.24, 2.45) is 5.92 Å². The molecule has 22 heavy (non-hydrogen) atoms. The molecular formula is C13H16F3NO4S. The average Bonchev–Trinajstić information content (AvgIpc) is 2.34. The fraction of sp³-hybridized carbons (Fsp3) is 0.462.